The number of hydrogen-bond acceptors (Lipinski definition) is 5. The normalized spacial score (nSPS) is 21.4. The summed E-state index contributed by atoms with van der Waals surface area (Å²) in [5.41, 5.74) is 8.32. The Kier molecular flexibility index (Phi) is 5.76. The maximum absolute atomic E-state index is 13.5. The lowest BCUT2D eigenvalue weighted by Crippen LogP contribution is -2.46. The molecule has 33 heavy (non-hydrogen) atoms. The van der Waals surface area contributed by atoms with Gasteiger partial charge in [-0.15, -0.1) is 0 Å². The number of alkyl halides is 3. The molecule has 8 heteroatoms. The predicted octanol–water partition coefficient (Wildman–Crippen LogP) is 4.68. The fourth-order valence-electron chi connectivity index (χ4n) is 4.73. The SMILES string of the molecule is CN(C)N1C(N)=C(C#N)[C@@H](c2ccc(C(F)(F)F)cc2)C2=C1C[C@@H](c1ccccc1)CC2=O. The largest absolute Gasteiger partial charge is 0.416 e. The first-order valence-electron chi connectivity index (χ1n) is 10.5. The van der Waals surface area contributed by atoms with Crippen LogP contribution in [-0.2, 0) is 11.0 Å². The maximum Gasteiger partial charge on any atom is 0.416 e. The average Bonchev–Trinajstić information content (AvgIpc) is 2.78. The van der Waals surface area contributed by atoms with Gasteiger partial charge in [0.2, 0.25) is 0 Å². The highest BCUT2D eigenvalue weighted by atomic mass is 19.4. The van der Waals surface area contributed by atoms with Gasteiger partial charge in [0.05, 0.1) is 23.1 Å². The third-order valence-corrected chi connectivity index (χ3v) is 6.18. The van der Waals surface area contributed by atoms with E-state index in [0.29, 0.717) is 23.3 Å². The van der Waals surface area contributed by atoms with Crippen molar-refractivity contribution in [1.82, 2.24) is 10.0 Å². The molecule has 2 N–H and O–H groups in total. The lowest BCUT2D eigenvalue weighted by atomic mass is 9.72. The zero-order valence-electron chi connectivity index (χ0n) is 18.2. The molecule has 0 saturated heterocycles. The quantitative estimate of drug-likeness (QED) is 0.732. The number of benzene rings is 2. The van der Waals surface area contributed by atoms with E-state index in [4.69, 9.17) is 5.73 Å². The summed E-state index contributed by atoms with van der Waals surface area (Å²) in [6.45, 7) is 0. The third-order valence-electron chi connectivity index (χ3n) is 6.18. The molecular weight excluding hydrogens is 429 g/mol. The molecular formula is C25H23F3N4O. The zero-order valence-corrected chi connectivity index (χ0v) is 18.2. The van der Waals surface area contributed by atoms with Gasteiger partial charge in [-0.05, 0) is 35.6 Å². The molecule has 2 atom stereocenters. The van der Waals surface area contributed by atoms with E-state index in [-0.39, 0.29) is 29.5 Å². The fraction of sp³-hybridized carbons (Fsp3) is 0.280. The summed E-state index contributed by atoms with van der Waals surface area (Å²) < 4.78 is 39.3. The summed E-state index contributed by atoms with van der Waals surface area (Å²) in [7, 11) is 3.53. The van der Waals surface area contributed by atoms with Gasteiger partial charge in [0, 0.05) is 31.8 Å². The lowest BCUT2D eigenvalue weighted by Gasteiger charge is -2.43. The molecule has 0 bridgehead atoms. The van der Waals surface area contributed by atoms with Crippen LogP contribution in [0.4, 0.5) is 13.2 Å². The van der Waals surface area contributed by atoms with Crippen LogP contribution in [0.3, 0.4) is 0 Å². The van der Waals surface area contributed by atoms with Crippen molar-refractivity contribution in [3.63, 3.8) is 0 Å². The van der Waals surface area contributed by atoms with Crippen LogP contribution in [0.2, 0.25) is 0 Å². The summed E-state index contributed by atoms with van der Waals surface area (Å²) in [5.74, 6) is -0.841. The second kappa shape index (κ2) is 8.41. The number of hydrazine groups is 1. The van der Waals surface area contributed by atoms with Gasteiger partial charge in [0.15, 0.2) is 5.78 Å². The Balaban J connectivity index is 1.86. The van der Waals surface area contributed by atoms with E-state index >= 15 is 0 Å². The van der Waals surface area contributed by atoms with Crippen molar-refractivity contribution in [2.24, 2.45) is 5.73 Å². The summed E-state index contributed by atoms with van der Waals surface area (Å²) >= 11 is 0. The van der Waals surface area contributed by atoms with E-state index in [1.807, 2.05) is 30.3 Å². The molecule has 5 nitrogen and oxygen atoms in total. The zero-order chi connectivity index (χ0) is 23.9. The van der Waals surface area contributed by atoms with Gasteiger partial charge >= 0.3 is 6.18 Å². The highest BCUT2D eigenvalue weighted by Crippen LogP contribution is 2.48. The highest BCUT2D eigenvalue weighted by Gasteiger charge is 2.43. The van der Waals surface area contributed by atoms with Gasteiger partial charge in [-0.3, -0.25) is 9.80 Å². The van der Waals surface area contributed by atoms with Crippen LogP contribution in [0.1, 0.15) is 41.4 Å². The summed E-state index contributed by atoms with van der Waals surface area (Å²) in [6, 6.07) is 16.4. The molecule has 4 rings (SSSR count). The number of nitrogens with two attached hydrogens (primary N) is 1. The molecule has 0 saturated carbocycles. The van der Waals surface area contributed by atoms with Gasteiger partial charge in [0.1, 0.15) is 5.82 Å². The summed E-state index contributed by atoms with van der Waals surface area (Å²) in [5, 5.41) is 13.3. The van der Waals surface area contributed by atoms with Gasteiger partial charge in [-0.1, -0.05) is 42.5 Å². The van der Waals surface area contributed by atoms with E-state index in [1.165, 1.54) is 12.1 Å². The van der Waals surface area contributed by atoms with Crippen LogP contribution >= 0.6 is 0 Å². The first-order chi connectivity index (χ1) is 15.6. The minimum absolute atomic E-state index is 0.0652. The van der Waals surface area contributed by atoms with Crippen molar-refractivity contribution in [1.29, 1.82) is 5.26 Å². The molecule has 2 aromatic carbocycles. The Morgan fingerprint density at radius 1 is 1.03 bits per heavy atom. The van der Waals surface area contributed by atoms with Crippen molar-refractivity contribution < 1.29 is 18.0 Å². The monoisotopic (exact) mass is 452 g/mol. The summed E-state index contributed by atoms with van der Waals surface area (Å²) in [6.07, 6.45) is -3.71. The maximum atomic E-state index is 13.5. The number of nitrogens with zero attached hydrogens (tertiary/aromatic N) is 3. The van der Waals surface area contributed by atoms with E-state index in [2.05, 4.69) is 6.07 Å². The van der Waals surface area contributed by atoms with Crippen molar-refractivity contribution >= 4 is 5.78 Å². The first-order valence-corrected chi connectivity index (χ1v) is 10.5. The average molecular weight is 452 g/mol. The van der Waals surface area contributed by atoms with Crippen molar-refractivity contribution in [2.45, 2.75) is 30.9 Å². The van der Waals surface area contributed by atoms with E-state index < -0.39 is 17.7 Å². The first kappa shape index (κ1) is 22.6. The Morgan fingerprint density at radius 3 is 2.21 bits per heavy atom. The van der Waals surface area contributed by atoms with Crippen LogP contribution in [0.15, 0.2) is 77.3 Å². The standard InChI is InChI=1S/C25H23F3N4O/c1-31(2)32-20-12-17(15-6-4-3-5-7-15)13-21(33)23(20)22(19(14-29)24(32)30)16-8-10-18(11-9-16)25(26,27)28/h3-11,17,22H,12-13,30H2,1-2H3/t17-,22-/m1/s1. The lowest BCUT2D eigenvalue weighted by molar-refractivity contribution is -0.137. The van der Waals surface area contributed by atoms with Gasteiger partial charge in [-0.2, -0.15) is 18.4 Å². The predicted molar refractivity (Wildman–Crippen MR) is 117 cm³/mol. The molecule has 2 aliphatic rings. The molecule has 0 spiro atoms. The molecule has 0 fully saturated rings. The molecule has 1 aliphatic heterocycles. The molecule has 2 aromatic rings. The van der Waals surface area contributed by atoms with Gasteiger partial charge in [-0.25, -0.2) is 5.01 Å². The number of carbonyl (C=O) groups is 1. The van der Waals surface area contributed by atoms with Crippen LogP contribution in [0.5, 0.6) is 0 Å². The van der Waals surface area contributed by atoms with Crippen LogP contribution < -0.4 is 5.73 Å². The number of ketones is 1. The van der Waals surface area contributed by atoms with Crippen LogP contribution in [0.25, 0.3) is 0 Å². The van der Waals surface area contributed by atoms with Crippen molar-refractivity contribution in [3.8, 4) is 6.07 Å². The Hall–Kier alpha value is -3.57. The number of nitriles is 1. The third kappa shape index (κ3) is 4.00. The topological polar surface area (TPSA) is 73.4 Å². The minimum atomic E-state index is -4.48. The van der Waals surface area contributed by atoms with Crippen LogP contribution in [-0.4, -0.2) is 29.9 Å². The number of halogens is 3. The molecule has 0 unspecified atom stereocenters. The number of carbonyl (C=O) groups excluding carboxylic acids is 1. The van der Waals surface area contributed by atoms with Crippen LogP contribution in [0, 0.1) is 11.3 Å². The minimum Gasteiger partial charge on any atom is -0.383 e. The Bertz CT molecular complexity index is 1170. The van der Waals surface area contributed by atoms with E-state index in [1.54, 1.807) is 24.1 Å². The smallest absolute Gasteiger partial charge is 0.383 e. The second-order valence-corrected chi connectivity index (χ2v) is 8.42. The second-order valence-electron chi connectivity index (χ2n) is 8.42. The van der Waals surface area contributed by atoms with E-state index in [9.17, 15) is 23.2 Å². The Labute approximate surface area is 190 Å². The highest BCUT2D eigenvalue weighted by molar-refractivity contribution is 6.00. The number of Topliss-reactive ketones (excluding diaryl/α,β-unsaturated/α-hetero) is 1. The van der Waals surface area contributed by atoms with Crippen molar-refractivity contribution in [2.75, 3.05) is 14.1 Å². The number of rotatable bonds is 3. The van der Waals surface area contributed by atoms with Crippen molar-refractivity contribution in [3.05, 3.63) is 94.0 Å². The molecule has 170 valence electrons. The van der Waals surface area contributed by atoms with E-state index in [0.717, 1.165) is 17.7 Å². The number of hydrogen-bond donors (Lipinski definition) is 1. The summed E-state index contributed by atoms with van der Waals surface area (Å²) in [4.78, 5) is 13.5. The molecule has 0 aromatic heterocycles. The van der Waals surface area contributed by atoms with Gasteiger partial charge < -0.3 is 5.73 Å². The Morgan fingerprint density at radius 2 is 1.67 bits per heavy atom. The number of allylic oxidation sites excluding steroid dienone is 3. The molecule has 0 amide bonds. The van der Waals surface area contributed by atoms with Gasteiger partial charge in [0.25, 0.3) is 0 Å². The molecule has 0 radical (unpaired) electrons. The molecule has 1 heterocycles. The molecule has 1 aliphatic carbocycles. The fourth-order valence-corrected chi connectivity index (χ4v) is 4.73.